The van der Waals surface area contributed by atoms with Gasteiger partial charge in [-0.1, -0.05) is 0 Å². The quantitative estimate of drug-likeness (QED) is 0.696. The molecule has 2 heterocycles. The molecule has 0 amide bonds. The van der Waals surface area contributed by atoms with Gasteiger partial charge in [0.15, 0.2) is 18.2 Å². The summed E-state index contributed by atoms with van der Waals surface area (Å²) in [6.45, 7) is 5.22. The maximum Gasteiger partial charge on any atom is 0.303 e. The molecule has 0 aliphatic carbocycles. The highest BCUT2D eigenvalue weighted by Crippen LogP contribution is 2.38. The van der Waals surface area contributed by atoms with Crippen molar-refractivity contribution in [3.8, 4) is 0 Å². The second kappa shape index (κ2) is 5.95. The van der Waals surface area contributed by atoms with Gasteiger partial charge in [0.05, 0.1) is 6.61 Å². The van der Waals surface area contributed by atoms with Crippen molar-refractivity contribution in [2.24, 2.45) is 0 Å². The van der Waals surface area contributed by atoms with Crippen LogP contribution in [-0.2, 0) is 33.2 Å². The fourth-order valence-electron chi connectivity index (χ4n) is 2.64. The maximum atomic E-state index is 11.3. The molecule has 0 aromatic heterocycles. The van der Waals surface area contributed by atoms with Crippen molar-refractivity contribution < 1.29 is 33.2 Å². The zero-order valence-corrected chi connectivity index (χ0v) is 12.5. The van der Waals surface area contributed by atoms with Gasteiger partial charge in [0.2, 0.25) is 0 Å². The molecule has 2 fully saturated rings. The lowest BCUT2D eigenvalue weighted by Gasteiger charge is -2.40. The first-order valence-electron chi connectivity index (χ1n) is 6.58. The Labute approximate surface area is 118 Å². The fourth-order valence-corrected chi connectivity index (χ4v) is 2.64. The van der Waals surface area contributed by atoms with Crippen molar-refractivity contribution in [3.63, 3.8) is 0 Å². The van der Waals surface area contributed by atoms with Crippen molar-refractivity contribution >= 4 is 5.97 Å². The lowest BCUT2D eigenvalue weighted by molar-refractivity contribution is -0.276. The van der Waals surface area contributed by atoms with Crippen molar-refractivity contribution in [1.29, 1.82) is 0 Å². The van der Waals surface area contributed by atoms with E-state index in [2.05, 4.69) is 0 Å². The van der Waals surface area contributed by atoms with Crippen molar-refractivity contribution in [2.45, 2.75) is 57.3 Å². The predicted octanol–water partition coefficient (Wildman–Crippen LogP) is 0.456. The zero-order chi connectivity index (χ0) is 14.9. The highest BCUT2D eigenvalue weighted by atomic mass is 16.8. The molecule has 0 bridgehead atoms. The van der Waals surface area contributed by atoms with Crippen LogP contribution in [0.15, 0.2) is 0 Å². The summed E-state index contributed by atoms with van der Waals surface area (Å²) in [6.07, 6.45) is -2.55. The van der Waals surface area contributed by atoms with Crippen LogP contribution in [0.2, 0.25) is 0 Å². The van der Waals surface area contributed by atoms with Gasteiger partial charge in [-0.15, -0.1) is 0 Å². The van der Waals surface area contributed by atoms with E-state index in [0.29, 0.717) is 0 Å². The number of ether oxygens (including phenoxy) is 6. The number of esters is 1. The van der Waals surface area contributed by atoms with Crippen LogP contribution in [0, 0.1) is 0 Å². The largest absolute Gasteiger partial charge is 0.457 e. The Morgan fingerprint density at radius 2 is 1.85 bits per heavy atom. The van der Waals surface area contributed by atoms with Gasteiger partial charge in [0.25, 0.3) is 0 Å². The third-order valence-electron chi connectivity index (χ3n) is 3.30. The van der Waals surface area contributed by atoms with E-state index >= 15 is 0 Å². The van der Waals surface area contributed by atoms with Crippen LogP contribution >= 0.6 is 0 Å². The van der Waals surface area contributed by atoms with Gasteiger partial charge in [-0.2, -0.15) is 0 Å². The van der Waals surface area contributed by atoms with E-state index < -0.39 is 42.5 Å². The first kappa shape index (κ1) is 15.7. The molecule has 2 aliphatic heterocycles. The second-order valence-electron chi connectivity index (χ2n) is 5.37. The van der Waals surface area contributed by atoms with Crippen LogP contribution in [0.3, 0.4) is 0 Å². The molecule has 2 aliphatic rings. The number of hydrogen-bond acceptors (Lipinski definition) is 7. The smallest absolute Gasteiger partial charge is 0.303 e. The standard InChI is InChI=1S/C13H22O7/c1-7(14)17-9-8(6-15-4)18-12(16-5)11-10(9)19-13(2,3)20-11/h8-12H,6H2,1-5H3/t8-,9-,10-,11-,12-/m1/s1. The monoisotopic (exact) mass is 290 g/mol. The van der Waals surface area contributed by atoms with Crippen LogP contribution in [0.5, 0.6) is 0 Å². The molecular formula is C13H22O7. The summed E-state index contributed by atoms with van der Waals surface area (Å²) in [5, 5.41) is 0. The molecule has 116 valence electrons. The molecule has 0 aromatic rings. The number of carbonyl (C=O) groups is 1. The molecule has 0 N–H and O–H groups in total. The number of rotatable bonds is 4. The van der Waals surface area contributed by atoms with Gasteiger partial charge in [-0.3, -0.25) is 4.79 Å². The first-order valence-corrected chi connectivity index (χ1v) is 6.58. The SMILES string of the molecule is COC[C@H]1O[C@@H](OC)[C@@H]2OC(C)(C)O[C@@H]2[C@@H]1OC(C)=O. The lowest BCUT2D eigenvalue weighted by atomic mass is 9.99. The first-order chi connectivity index (χ1) is 9.38. The molecule has 0 unspecified atom stereocenters. The van der Waals surface area contributed by atoms with Crippen LogP contribution < -0.4 is 0 Å². The van der Waals surface area contributed by atoms with Gasteiger partial charge in [-0.25, -0.2) is 0 Å². The lowest BCUT2D eigenvalue weighted by Crippen LogP contribution is -2.59. The minimum absolute atomic E-state index is 0.269. The molecule has 2 rings (SSSR count). The third-order valence-corrected chi connectivity index (χ3v) is 3.30. The Bertz CT molecular complexity index is 357. The molecule has 0 saturated carbocycles. The van der Waals surface area contributed by atoms with Gasteiger partial charge < -0.3 is 28.4 Å². The van der Waals surface area contributed by atoms with Gasteiger partial charge in [0.1, 0.15) is 18.3 Å². The van der Waals surface area contributed by atoms with Crippen LogP contribution in [0.4, 0.5) is 0 Å². The average Bonchev–Trinajstić information content (AvgIpc) is 2.67. The van der Waals surface area contributed by atoms with E-state index in [0.717, 1.165) is 0 Å². The Hall–Kier alpha value is -0.730. The van der Waals surface area contributed by atoms with Gasteiger partial charge in [-0.05, 0) is 13.8 Å². The molecule has 0 radical (unpaired) electrons. The number of fused-ring (bicyclic) bond motifs is 1. The maximum absolute atomic E-state index is 11.3. The molecule has 0 spiro atoms. The Morgan fingerprint density at radius 3 is 2.40 bits per heavy atom. The number of methoxy groups -OCH3 is 2. The molecular weight excluding hydrogens is 268 g/mol. The third kappa shape index (κ3) is 3.12. The number of hydrogen-bond donors (Lipinski definition) is 0. The minimum atomic E-state index is -0.782. The normalized spacial score (nSPS) is 39.4. The molecule has 0 aromatic carbocycles. The minimum Gasteiger partial charge on any atom is -0.457 e. The summed E-state index contributed by atoms with van der Waals surface area (Å²) in [5.74, 6) is -1.18. The highest BCUT2D eigenvalue weighted by molar-refractivity contribution is 5.66. The zero-order valence-electron chi connectivity index (χ0n) is 12.5. The average molecular weight is 290 g/mol. The van der Waals surface area contributed by atoms with E-state index in [1.807, 2.05) is 0 Å². The van der Waals surface area contributed by atoms with Crippen molar-refractivity contribution in [1.82, 2.24) is 0 Å². The van der Waals surface area contributed by atoms with E-state index in [1.165, 1.54) is 14.0 Å². The second-order valence-corrected chi connectivity index (χ2v) is 5.37. The van der Waals surface area contributed by atoms with E-state index in [4.69, 9.17) is 28.4 Å². The van der Waals surface area contributed by atoms with E-state index in [1.54, 1.807) is 21.0 Å². The fraction of sp³-hybridized carbons (Fsp3) is 0.923. The summed E-state index contributed by atoms with van der Waals surface area (Å²) >= 11 is 0. The Morgan fingerprint density at radius 1 is 1.20 bits per heavy atom. The van der Waals surface area contributed by atoms with Gasteiger partial charge >= 0.3 is 5.97 Å². The van der Waals surface area contributed by atoms with Gasteiger partial charge in [0, 0.05) is 21.1 Å². The summed E-state index contributed by atoms with van der Waals surface area (Å²) in [6, 6.07) is 0. The molecule has 5 atom stereocenters. The summed E-state index contributed by atoms with van der Waals surface area (Å²) in [5.41, 5.74) is 0. The Balaban J connectivity index is 2.23. The van der Waals surface area contributed by atoms with E-state index in [-0.39, 0.29) is 6.61 Å². The Kier molecular flexibility index (Phi) is 4.66. The summed E-state index contributed by atoms with van der Waals surface area (Å²) in [4.78, 5) is 11.3. The summed E-state index contributed by atoms with van der Waals surface area (Å²) in [7, 11) is 3.09. The summed E-state index contributed by atoms with van der Waals surface area (Å²) < 4.78 is 33.2. The predicted molar refractivity (Wildman–Crippen MR) is 66.9 cm³/mol. The van der Waals surface area contributed by atoms with Crippen molar-refractivity contribution in [3.05, 3.63) is 0 Å². The molecule has 7 heteroatoms. The van der Waals surface area contributed by atoms with Crippen LogP contribution in [0.1, 0.15) is 20.8 Å². The number of carbonyl (C=O) groups excluding carboxylic acids is 1. The van der Waals surface area contributed by atoms with Crippen molar-refractivity contribution in [2.75, 3.05) is 20.8 Å². The van der Waals surface area contributed by atoms with Crippen LogP contribution in [0.25, 0.3) is 0 Å². The highest BCUT2D eigenvalue weighted by Gasteiger charge is 2.56. The molecule has 2 saturated heterocycles. The van der Waals surface area contributed by atoms with E-state index in [9.17, 15) is 4.79 Å². The van der Waals surface area contributed by atoms with Crippen LogP contribution in [-0.4, -0.2) is 63.3 Å². The topological polar surface area (TPSA) is 72.5 Å². The molecule has 20 heavy (non-hydrogen) atoms. The molecule has 7 nitrogen and oxygen atoms in total.